The van der Waals surface area contributed by atoms with Crippen LogP contribution in [0.1, 0.15) is 21.3 Å². The minimum atomic E-state index is 0.526. The van der Waals surface area contributed by atoms with E-state index in [0.717, 1.165) is 29.5 Å². The molecule has 0 spiro atoms. The lowest BCUT2D eigenvalue weighted by atomic mass is 10.4. The van der Waals surface area contributed by atoms with Crippen LogP contribution < -0.4 is 11.1 Å². The van der Waals surface area contributed by atoms with Gasteiger partial charge in [-0.05, 0) is 6.92 Å². The van der Waals surface area contributed by atoms with Gasteiger partial charge < -0.3 is 11.1 Å². The summed E-state index contributed by atoms with van der Waals surface area (Å²) in [5.41, 5.74) is 9.56. The number of rotatable bonds is 5. The van der Waals surface area contributed by atoms with Crippen LogP contribution in [0.15, 0.2) is 10.9 Å². The summed E-state index contributed by atoms with van der Waals surface area (Å²) in [6.07, 6.45) is 0. The van der Waals surface area contributed by atoms with Crippen molar-refractivity contribution in [1.82, 2.24) is 15.3 Å². The fourth-order valence-corrected chi connectivity index (χ4v) is 2.74. The molecule has 0 unspecified atom stereocenters. The summed E-state index contributed by atoms with van der Waals surface area (Å²) in [4.78, 5) is 9.88. The second-order valence-corrected chi connectivity index (χ2v) is 5.28. The standard InChI is InChI=1S/C10H14N4S2/c1-7-9(16-6-13-7)4-12-3-8-5-15-10(2-11)14-8/h5-6,12H,2-4,11H2,1H3. The molecule has 0 aliphatic rings. The highest BCUT2D eigenvalue weighted by Gasteiger charge is 2.02. The van der Waals surface area contributed by atoms with E-state index in [1.165, 1.54) is 4.88 Å². The van der Waals surface area contributed by atoms with Crippen molar-refractivity contribution in [3.8, 4) is 0 Å². The first-order valence-corrected chi connectivity index (χ1v) is 6.78. The van der Waals surface area contributed by atoms with E-state index in [1.807, 2.05) is 12.4 Å². The van der Waals surface area contributed by atoms with E-state index in [-0.39, 0.29) is 0 Å². The zero-order chi connectivity index (χ0) is 11.4. The highest BCUT2D eigenvalue weighted by atomic mass is 32.1. The Labute approximate surface area is 103 Å². The van der Waals surface area contributed by atoms with Crippen LogP contribution >= 0.6 is 22.7 Å². The fourth-order valence-electron chi connectivity index (χ4n) is 1.32. The number of thiazole rings is 2. The Hall–Kier alpha value is -0.820. The van der Waals surface area contributed by atoms with Crippen LogP contribution in [0, 0.1) is 6.92 Å². The van der Waals surface area contributed by atoms with Crippen molar-refractivity contribution in [2.45, 2.75) is 26.6 Å². The second kappa shape index (κ2) is 5.49. The van der Waals surface area contributed by atoms with Gasteiger partial charge in [0.2, 0.25) is 0 Å². The highest BCUT2D eigenvalue weighted by Crippen LogP contribution is 2.12. The Balaban J connectivity index is 1.82. The number of hydrogen-bond acceptors (Lipinski definition) is 6. The summed E-state index contributed by atoms with van der Waals surface area (Å²) >= 11 is 3.30. The van der Waals surface area contributed by atoms with Gasteiger partial charge in [0.05, 0.1) is 16.9 Å². The van der Waals surface area contributed by atoms with E-state index in [0.29, 0.717) is 6.54 Å². The maximum Gasteiger partial charge on any atom is 0.106 e. The van der Waals surface area contributed by atoms with Gasteiger partial charge in [0.25, 0.3) is 0 Å². The number of hydrogen-bond donors (Lipinski definition) is 2. The smallest absolute Gasteiger partial charge is 0.106 e. The molecule has 0 saturated heterocycles. The average molecular weight is 254 g/mol. The molecule has 0 radical (unpaired) electrons. The quantitative estimate of drug-likeness (QED) is 0.851. The average Bonchev–Trinajstić information content (AvgIpc) is 2.89. The third-order valence-electron chi connectivity index (χ3n) is 2.21. The lowest BCUT2D eigenvalue weighted by Gasteiger charge is -2.00. The largest absolute Gasteiger partial charge is 0.325 e. The Morgan fingerprint density at radius 1 is 1.38 bits per heavy atom. The number of nitrogens with one attached hydrogen (secondary N) is 1. The van der Waals surface area contributed by atoms with Gasteiger partial charge in [-0.1, -0.05) is 0 Å². The first-order valence-electron chi connectivity index (χ1n) is 5.02. The molecule has 6 heteroatoms. The molecule has 0 amide bonds. The van der Waals surface area contributed by atoms with Gasteiger partial charge in [-0.2, -0.15) is 0 Å². The molecule has 4 nitrogen and oxygen atoms in total. The van der Waals surface area contributed by atoms with Gasteiger partial charge in [-0.15, -0.1) is 22.7 Å². The van der Waals surface area contributed by atoms with Crippen LogP contribution in [0.5, 0.6) is 0 Å². The second-order valence-electron chi connectivity index (χ2n) is 3.40. The molecule has 3 N–H and O–H groups in total. The van der Waals surface area contributed by atoms with E-state index in [1.54, 1.807) is 22.7 Å². The number of nitrogens with two attached hydrogens (primary N) is 1. The summed E-state index contributed by atoms with van der Waals surface area (Å²) in [5.74, 6) is 0. The predicted octanol–water partition coefficient (Wildman–Crippen LogP) is 1.66. The minimum Gasteiger partial charge on any atom is -0.325 e. The predicted molar refractivity (Wildman–Crippen MR) is 67.4 cm³/mol. The summed E-state index contributed by atoms with van der Waals surface area (Å²) < 4.78 is 0. The molecule has 0 fully saturated rings. The van der Waals surface area contributed by atoms with Gasteiger partial charge in [0.1, 0.15) is 5.01 Å². The van der Waals surface area contributed by atoms with Crippen LogP contribution in [0.4, 0.5) is 0 Å². The Kier molecular flexibility index (Phi) is 4.00. The first kappa shape index (κ1) is 11.7. The van der Waals surface area contributed by atoms with Crippen LogP contribution in [0.25, 0.3) is 0 Å². The fraction of sp³-hybridized carbons (Fsp3) is 0.400. The molecule has 2 heterocycles. The maximum atomic E-state index is 5.51. The maximum absolute atomic E-state index is 5.51. The minimum absolute atomic E-state index is 0.526. The Bertz CT molecular complexity index is 449. The molecule has 0 aliphatic carbocycles. The van der Waals surface area contributed by atoms with E-state index in [2.05, 4.69) is 20.7 Å². The van der Waals surface area contributed by atoms with Crippen LogP contribution in [0.2, 0.25) is 0 Å². The number of aromatic nitrogens is 2. The molecule has 0 atom stereocenters. The first-order chi connectivity index (χ1) is 7.79. The molecule has 2 rings (SSSR count). The summed E-state index contributed by atoms with van der Waals surface area (Å²) in [6.45, 7) is 4.20. The molecule has 16 heavy (non-hydrogen) atoms. The van der Waals surface area contributed by atoms with E-state index < -0.39 is 0 Å². The van der Waals surface area contributed by atoms with Crippen LogP contribution in [-0.2, 0) is 19.6 Å². The molecule has 86 valence electrons. The van der Waals surface area contributed by atoms with E-state index in [9.17, 15) is 0 Å². The highest BCUT2D eigenvalue weighted by molar-refractivity contribution is 7.10. The summed E-state index contributed by atoms with van der Waals surface area (Å²) in [7, 11) is 0. The van der Waals surface area contributed by atoms with Crippen molar-refractivity contribution < 1.29 is 0 Å². The summed E-state index contributed by atoms with van der Waals surface area (Å²) in [5, 5.41) is 6.40. The van der Waals surface area contributed by atoms with Gasteiger partial charge in [-0.3, -0.25) is 0 Å². The van der Waals surface area contributed by atoms with Crippen molar-refractivity contribution in [3.63, 3.8) is 0 Å². The number of aryl methyl sites for hydroxylation is 1. The van der Waals surface area contributed by atoms with Crippen molar-refractivity contribution in [2.75, 3.05) is 0 Å². The molecular weight excluding hydrogens is 240 g/mol. The molecule has 0 aliphatic heterocycles. The van der Waals surface area contributed by atoms with Crippen LogP contribution in [-0.4, -0.2) is 9.97 Å². The van der Waals surface area contributed by atoms with Crippen LogP contribution in [0.3, 0.4) is 0 Å². The van der Waals surface area contributed by atoms with Crippen molar-refractivity contribution in [2.24, 2.45) is 5.73 Å². The zero-order valence-corrected chi connectivity index (χ0v) is 10.7. The molecule has 2 aromatic heterocycles. The SMILES string of the molecule is Cc1ncsc1CNCc1csc(CN)n1. The van der Waals surface area contributed by atoms with Gasteiger partial charge in [0.15, 0.2) is 0 Å². The van der Waals surface area contributed by atoms with Gasteiger partial charge in [-0.25, -0.2) is 9.97 Å². The topological polar surface area (TPSA) is 63.8 Å². The Morgan fingerprint density at radius 3 is 2.88 bits per heavy atom. The molecule has 0 bridgehead atoms. The Morgan fingerprint density at radius 2 is 2.25 bits per heavy atom. The third-order valence-corrected chi connectivity index (χ3v) is 4.07. The van der Waals surface area contributed by atoms with Crippen molar-refractivity contribution >= 4 is 22.7 Å². The van der Waals surface area contributed by atoms with E-state index >= 15 is 0 Å². The lowest BCUT2D eigenvalue weighted by Crippen LogP contribution is -2.12. The molecule has 0 saturated carbocycles. The summed E-state index contributed by atoms with van der Waals surface area (Å²) in [6, 6.07) is 0. The van der Waals surface area contributed by atoms with E-state index in [4.69, 9.17) is 5.73 Å². The molecular formula is C10H14N4S2. The van der Waals surface area contributed by atoms with Gasteiger partial charge in [0, 0.05) is 29.9 Å². The monoisotopic (exact) mass is 254 g/mol. The normalized spacial score (nSPS) is 10.9. The van der Waals surface area contributed by atoms with Crippen molar-refractivity contribution in [1.29, 1.82) is 0 Å². The molecule has 2 aromatic rings. The third kappa shape index (κ3) is 2.85. The lowest BCUT2D eigenvalue weighted by molar-refractivity contribution is 0.684. The van der Waals surface area contributed by atoms with Crippen molar-refractivity contribution in [3.05, 3.63) is 32.2 Å². The van der Waals surface area contributed by atoms with Gasteiger partial charge >= 0.3 is 0 Å². The zero-order valence-electron chi connectivity index (χ0n) is 9.06. The number of nitrogens with zero attached hydrogens (tertiary/aromatic N) is 2. The molecule has 0 aromatic carbocycles.